The van der Waals surface area contributed by atoms with Crippen LogP contribution in [0, 0.1) is 11.7 Å². The fourth-order valence-corrected chi connectivity index (χ4v) is 3.91. The molecule has 30 heavy (non-hydrogen) atoms. The quantitative estimate of drug-likeness (QED) is 0.633. The number of hydrogen-bond donors (Lipinski definition) is 1. The van der Waals surface area contributed by atoms with Crippen LogP contribution in [-0.2, 0) is 11.2 Å². The zero-order valence-electron chi connectivity index (χ0n) is 16.5. The number of aryl methyl sites for hydroxylation is 1. The number of aromatic nitrogens is 3. The number of amides is 1. The maximum atomic E-state index is 13.0. The number of ketones is 1. The highest BCUT2D eigenvalue weighted by Crippen LogP contribution is 2.22. The standard InChI is InChI=1S/C22H23FN4O3/c23-17-8-6-15(7-9-17)21(29)16-10-13-26(14-11-16)20(28)5-1-4-19-24-22(30)18-3-2-12-27(18)25-19/h2-3,6-9,12,16H,1,4-5,10-11,13-14H2,(H,24,25,30). The summed E-state index contributed by atoms with van der Waals surface area (Å²) >= 11 is 0. The maximum Gasteiger partial charge on any atom is 0.275 e. The molecule has 7 nitrogen and oxygen atoms in total. The third kappa shape index (κ3) is 4.32. The average Bonchev–Trinajstić information content (AvgIpc) is 3.23. The molecule has 0 spiro atoms. The minimum absolute atomic E-state index is 0.0116. The highest BCUT2D eigenvalue weighted by atomic mass is 19.1. The lowest BCUT2D eigenvalue weighted by atomic mass is 9.88. The van der Waals surface area contributed by atoms with Gasteiger partial charge in [0.15, 0.2) is 5.78 Å². The number of nitrogens with zero attached hydrogens (tertiary/aromatic N) is 3. The summed E-state index contributed by atoms with van der Waals surface area (Å²) in [5, 5.41) is 4.34. The van der Waals surface area contributed by atoms with Crippen molar-refractivity contribution in [1.29, 1.82) is 0 Å². The van der Waals surface area contributed by atoms with E-state index in [2.05, 4.69) is 10.1 Å². The first-order chi connectivity index (χ1) is 14.5. The topological polar surface area (TPSA) is 87.5 Å². The minimum atomic E-state index is -0.362. The number of benzene rings is 1. The zero-order chi connectivity index (χ0) is 21.1. The van der Waals surface area contributed by atoms with Gasteiger partial charge >= 0.3 is 0 Å². The number of hydrogen-bond acceptors (Lipinski definition) is 4. The summed E-state index contributed by atoms with van der Waals surface area (Å²) in [4.78, 5) is 41.6. The Balaban J connectivity index is 1.25. The van der Waals surface area contributed by atoms with Crippen LogP contribution in [-0.4, -0.2) is 44.3 Å². The number of nitrogens with one attached hydrogen (secondary N) is 1. The van der Waals surface area contributed by atoms with Gasteiger partial charge in [0.05, 0.1) is 0 Å². The number of H-pyrrole nitrogens is 1. The monoisotopic (exact) mass is 410 g/mol. The molecule has 0 aliphatic carbocycles. The highest BCUT2D eigenvalue weighted by molar-refractivity contribution is 5.98. The van der Waals surface area contributed by atoms with Crippen LogP contribution >= 0.6 is 0 Å². The molecular formula is C22H23FN4O3. The van der Waals surface area contributed by atoms with Crippen LogP contribution < -0.4 is 5.56 Å². The van der Waals surface area contributed by atoms with Gasteiger partial charge in [0.2, 0.25) is 5.91 Å². The number of carbonyl (C=O) groups is 2. The molecule has 1 aliphatic rings. The molecule has 0 unspecified atom stereocenters. The molecule has 1 fully saturated rings. The first kappa shape index (κ1) is 20.0. The molecule has 3 heterocycles. The van der Waals surface area contributed by atoms with E-state index in [4.69, 9.17) is 0 Å². The Morgan fingerprint density at radius 2 is 1.87 bits per heavy atom. The molecule has 0 saturated carbocycles. The normalized spacial score (nSPS) is 14.9. The van der Waals surface area contributed by atoms with Gasteiger partial charge in [-0.25, -0.2) is 8.91 Å². The Morgan fingerprint density at radius 3 is 2.60 bits per heavy atom. The maximum absolute atomic E-state index is 13.0. The van der Waals surface area contributed by atoms with Gasteiger partial charge in [0, 0.05) is 43.6 Å². The molecular weight excluding hydrogens is 387 g/mol. The summed E-state index contributed by atoms with van der Waals surface area (Å²) in [6.45, 7) is 1.09. The zero-order valence-corrected chi connectivity index (χ0v) is 16.5. The van der Waals surface area contributed by atoms with Gasteiger partial charge in [-0.15, -0.1) is 0 Å². The number of fused-ring (bicyclic) bond motifs is 1. The van der Waals surface area contributed by atoms with E-state index >= 15 is 0 Å². The van der Waals surface area contributed by atoms with Crippen molar-refractivity contribution in [3.05, 3.63) is 70.2 Å². The molecule has 1 aliphatic heterocycles. The number of carbonyl (C=O) groups excluding carboxylic acids is 2. The van der Waals surface area contributed by atoms with E-state index < -0.39 is 0 Å². The van der Waals surface area contributed by atoms with E-state index in [9.17, 15) is 18.8 Å². The van der Waals surface area contributed by atoms with Gasteiger partial charge < -0.3 is 9.88 Å². The second kappa shape index (κ2) is 8.61. The van der Waals surface area contributed by atoms with Gasteiger partial charge in [-0.05, 0) is 55.7 Å². The molecule has 1 amide bonds. The lowest BCUT2D eigenvalue weighted by molar-refractivity contribution is -0.132. The van der Waals surface area contributed by atoms with E-state index in [-0.39, 0.29) is 29.0 Å². The van der Waals surface area contributed by atoms with Gasteiger partial charge in [0.25, 0.3) is 5.56 Å². The Labute approximate surface area is 172 Å². The molecule has 0 bridgehead atoms. The number of aromatic amines is 1. The summed E-state index contributed by atoms with van der Waals surface area (Å²) in [5.41, 5.74) is 0.819. The van der Waals surface area contributed by atoms with Crippen molar-refractivity contribution in [1.82, 2.24) is 19.5 Å². The third-order valence-electron chi connectivity index (χ3n) is 5.60. The Hall–Kier alpha value is -3.29. The summed E-state index contributed by atoms with van der Waals surface area (Å²) in [5.74, 6) is 0.117. The fourth-order valence-electron chi connectivity index (χ4n) is 3.91. The van der Waals surface area contributed by atoms with E-state index in [0.717, 1.165) is 0 Å². The van der Waals surface area contributed by atoms with Crippen LogP contribution in [0.25, 0.3) is 5.52 Å². The lowest BCUT2D eigenvalue weighted by Gasteiger charge is -2.31. The fraction of sp³-hybridized carbons (Fsp3) is 0.364. The van der Waals surface area contributed by atoms with Crippen molar-refractivity contribution in [3.8, 4) is 0 Å². The van der Waals surface area contributed by atoms with Crippen molar-refractivity contribution < 1.29 is 14.0 Å². The summed E-state index contributed by atoms with van der Waals surface area (Å²) in [6, 6.07) is 9.07. The third-order valence-corrected chi connectivity index (χ3v) is 5.60. The number of likely N-dealkylation sites (tertiary alicyclic amines) is 1. The molecule has 3 aromatic rings. The Kier molecular flexibility index (Phi) is 5.74. The summed E-state index contributed by atoms with van der Waals surface area (Å²) in [6.07, 6.45) is 4.40. The molecule has 8 heteroatoms. The number of rotatable bonds is 6. The minimum Gasteiger partial charge on any atom is -0.343 e. The van der Waals surface area contributed by atoms with Crippen LogP contribution in [0.2, 0.25) is 0 Å². The molecule has 1 aromatic carbocycles. The van der Waals surface area contributed by atoms with E-state index in [1.807, 2.05) is 0 Å². The predicted octanol–water partition coefficient (Wildman–Crippen LogP) is 2.61. The van der Waals surface area contributed by atoms with Gasteiger partial charge in [0.1, 0.15) is 17.2 Å². The molecule has 4 rings (SSSR count). The van der Waals surface area contributed by atoms with Gasteiger partial charge in [-0.1, -0.05) is 0 Å². The number of Topliss-reactive ketones (excluding diaryl/α,β-unsaturated/α-hetero) is 1. The highest BCUT2D eigenvalue weighted by Gasteiger charge is 2.27. The average molecular weight is 410 g/mol. The smallest absolute Gasteiger partial charge is 0.275 e. The second-order valence-corrected chi connectivity index (χ2v) is 7.62. The van der Waals surface area contributed by atoms with Crippen molar-refractivity contribution in [2.45, 2.75) is 32.1 Å². The van der Waals surface area contributed by atoms with Gasteiger partial charge in [-0.2, -0.15) is 5.10 Å². The second-order valence-electron chi connectivity index (χ2n) is 7.62. The first-order valence-electron chi connectivity index (χ1n) is 10.2. The van der Waals surface area contributed by atoms with Crippen molar-refractivity contribution in [2.75, 3.05) is 13.1 Å². The van der Waals surface area contributed by atoms with Crippen LogP contribution in [0.15, 0.2) is 47.4 Å². The van der Waals surface area contributed by atoms with Crippen LogP contribution in [0.3, 0.4) is 0 Å². The molecule has 2 aromatic heterocycles. The summed E-state index contributed by atoms with van der Waals surface area (Å²) < 4.78 is 14.6. The van der Waals surface area contributed by atoms with Crippen LogP contribution in [0.4, 0.5) is 4.39 Å². The lowest BCUT2D eigenvalue weighted by Crippen LogP contribution is -2.40. The first-order valence-corrected chi connectivity index (χ1v) is 10.2. The largest absolute Gasteiger partial charge is 0.343 e. The predicted molar refractivity (Wildman–Crippen MR) is 109 cm³/mol. The molecule has 1 N–H and O–H groups in total. The summed E-state index contributed by atoms with van der Waals surface area (Å²) in [7, 11) is 0. The van der Waals surface area contributed by atoms with Crippen molar-refractivity contribution in [3.63, 3.8) is 0 Å². The van der Waals surface area contributed by atoms with Crippen LogP contribution in [0.1, 0.15) is 41.9 Å². The number of piperidine rings is 1. The van der Waals surface area contributed by atoms with Crippen molar-refractivity contribution >= 4 is 17.2 Å². The van der Waals surface area contributed by atoms with E-state index in [0.29, 0.717) is 62.1 Å². The molecule has 0 atom stereocenters. The SMILES string of the molecule is O=C(c1ccc(F)cc1)C1CCN(C(=O)CCCc2nn3cccc3c(=O)[nH]2)CC1. The number of halogens is 1. The Morgan fingerprint density at radius 1 is 1.13 bits per heavy atom. The van der Waals surface area contributed by atoms with E-state index in [1.54, 1.807) is 27.7 Å². The van der Waals surface area contributed by atoms with Crippen LogP contribution in [0.5, 0.6) is 0 Å². The van der Waals surface area contributed by atoms with Gasteiger partial charge in [-0.3, -0.25) is 14.4 Å². The Bertz CT molecular complexity index is 1110. The van der Waals surface area contributed by atoms with Crippen molar-refractivity contribution in [2.24, 2.45) is 5.92 Å². The van der Waals surface area contributed by atoms with E-state index in [1.165, 1.54) is 24.3 Å². The molecule has 1 saturated heterocycles. The molecule has 0 radical (unpaired) electrons. The molecule has 156 valence electrons.